The van der Waals surface area contributed by atoms with Crippen molar-refractivity contribution in [1.82, 2.24) is 4.98 Å². The number of methoxy groups -OCH3 is 1. The number of aryl methyl sites for hydroxylation is 1. The van der Waals surface area contributed by atoms with Crippen molar-refractivity contribution >= 4 is 28.4 Å². The molecule has 0 aliphatic rings. The SMILES string of the molecule is COc1ccc2c(C)c(C(=O)c3ccccc3)c(SC)nc2c1. The van der Waals surface area contributed by atoms with Crippen LogP contribution in [0, 0.1) is 6.92 Å². The summed E-state index contributed by atoms with van der Waals surface area (Å²) in [5.74, 6) is 0.774. The first-order valence-corrected chi connectivity index (χ1v) is 8.50. The number of ether oxygens (including phenoxy) is 1. The summed E-state index contributed by atoms with van der Waals surface area (Å²) in [6.07, 6.45) is 1.94. The molecule has 0 aliphatic carbocycles. The van der Waals surface area contributed by atoms with E-state index in [2.05, 4.69) is 4.98 Å². The fourth-order valence-electron chi connectivity index (χ4n) is 2.66. The van der Waals surface area contributed by atoms with Crippen LogP contribution in [0.1, 0.15) is 21.5 Å². The van der Waals surface area contributed by atoms with E-state index in [0.29, 0.717) is 11.1 Å². The number of benzene rings is 2. The van der Waals surface area contributed by atoms with Gasteiger partial charge in [0.15, 0.2) is 5.78 Å². The summed E-state index contributed by atoms with van der Waals surface area (Å²) in [5, 5.41) is 1.72. The van der Waals surface area contributed by atoms with Crippen molar-refractivity contribution in [1.29, 1.82) is 0 Å². The van der Waals surface area contributed by atoms with Gasteiger partial charge in [-0.15, -0.1) is 11.8 Å². The first-order valence-electron chi connectivity index (χ1n) is 7.27. The van der Waals surface area contributed by atoms with Gasteiger partial charge in [0.2, 0.25) is 0 Å². The monoisotopic (exact) mass is 323 g/mol. The number of pyridine rings is 1. The Kier molecular flexibility index (Phi) is 4.35. The van der Waals surface area contributed by atoms with Crippen LogP contribution < -0.4 is 4.74 Å². The molecule has 1 aromatic heterocycles. The lowest BCUT2D eigenvalue weighted by Crippen LogP contribution is -2.08. The molecule has 0 radical (unpaired) electrons. The Balaban J connectivity index is 2.24. The molecule has 0 saturated heterocycles. The molecule has 3 aromatic rings. The summed E-state index contributed by atoms with van der Waals surface area (Å²) in [7, 11) is 1.64. The fraction of sp³-hybridized carbons (Fsp3) is 0.158. The minimum absolute atomic E-state index is 0.0117. The van der Waals surface area contributed by atoms with E-state index in [9.17, 15) is 4.79 Å². The van der Waals surface area contributed by atoms with E-state index in [1.165, 1.54) is 11.8 Å². The zero-order valence-electron chi connectivity index (χ0n) is 13.3. The molecule has 0 saturated carbocycles. The number of rotatable bonds is 4. The molecule has 1 heterocycles. The minimum Gasteiger partial charge on any atom is -0.497 e. The number of aromatic nitrogens is 1. The van der Waals surface area contributed by atoms with Crippen LogP contribution >= 0.6 is 11.8 Å². The summed E-state index contributed by atoms with van der Waals surface area (Å²) in [5.41, 5.74) is 3.16. The summed E-state index contributed by atoms with van der Waals surface area (Å²) < 4.78 is 5.27. The van der Waals surface area contributed by atoms with Crippen LogP contribution in [0.5, 0.6) is 5.75 Å². The predicted molar refractivity (Wildman–Crippen MR) is 94.7 cm³/mol. The highest BCUT2D eigenvalue weighted by Gasteiger charge is 2.19. The second-order valence-corrected chi connectivity index (χ2v) is 5.99. The quantitative estimate of drug-likeness (QED) is 0.523. The van der Waals surface area contributed by atoms with Crippen LogP contribution in [-0.4, -0.2) is 24.1 Å². The number of hydrogen-bond acceptors (Lipinski definition) is 4. The van der Waals surface area contributed by atoms with Crippen molar-refractivity contribution in [3.05, 3.63) is 65.2 Å². The van der Waals surface area contributed by atoms with Gasteiger partial charge in [-0.3, -0.25) is 4.79 Å². The first kappa shape index (κ1) is 15.6. The topological polar surface area (TPSA) is 39.2 Å². The van der Waals surface area contributed by atoms with Gasteiger partial charge in [0, 0.05) is 17.0 Å². The molecule has 4 heteroatoms. The van der Waals surface area contributed by atoms with Gasteiger partial charge in [-0.2, -0.15) is 0 Å². The van der Waals surface area contributed by atoms with Crippen molar-refractivity contribution in [2.24, 2.45) is 0 Å². The van der Waals surface area contributed by atoms with Gasteiger partial charge in [-0.1, -0.05) is 30.3 Å². The van der Waals surface area contributed by atoms with Gasteiger partial charge in [0.05, 0.1) is 18.2 Å². The van der Waals surface area contributed by atoms with Crippen LogP contribution in [0.4, 0.5) is 0 Å². The molecule has 0 spiro atoms. The number of hydrogen-bond donors (Lipinski definition) is 0. The average molecular weight is 323 g/mol. The summed E-state index contributed by atoms with van der Waals surface area (Å²) >= 11 is 1.49. The molecule has 0 aliphatic heterocycles. The maximum atomic E-state index is 12.9. The molecular formula is C19H17NO2S. The molecule has 23 heavy (non-hydrogen) atoms. The van der Waals surface area contributed by atoms with Crippen LogP contribution in [0.15, 0.2) is 53.6 Å². The Labute approximate surface area is 139 Å². The van der Waals surface area contributed by atoms with E-state index >= 15 is 0 Å². The molecular weight excluding hydrogens is 306 g/mol. The van der Waals surface area contributed by atoms with E-state index in [1.54, 1.807) is 7.11 Å². The van der Waals surface area contributed by atoms with E-state index in [-0.39, 0.29) is 5.78 Å². The van der Waals surface area contributed by atoms with Gasteiger partial charge < -0.3 is 4.74 Å². The van der Waals surface area contributed by atoms with Crippen LogP contribution in [0.25, 0.3) is 10.9 Å². The largest absolute Gasteiger partial charge is 0.497 e. The van der Waals surface area contributed by atoms with Gasteiger partial charge in [-0.05, 0) is 30.9 Å². The number of ketones is 1. The molecule has 0 unspecified atom stereocenters. The molecule has 0 amide bonds. The van der Waals surface area contributed by atoms with Crippen molar-refractivity contribution in [2.45, 2.75) is 11.9 Å². The third-order valence-electron chi connectivity index (χ3n) is 3.88. The third kappa shape index (κ3) is 2.82. The van der Waals surface area contributed by atoms with Gasteiger partial charge >= 0.3 is 0 Å². The number of carbonyl (C=O) groups is 1. The highest BCUT2D eigenvalue weighted by molar-refractivity contribution is 7.98. The fourth-order valence-corrected chi connectivity index (χ4v) is 3.30. The Bertz CT molecular complexity index is 875. The van der Waals surface area contributed by atoms with Crippen molar-refractivity contribution in [2.75, 3.05) is 13.4 Å². The normalized spacial score (nSPS) is 10.7. The lowest BCUT2D eigenvalue weighted by Gasteiger charge is -2.13. The lowest BCUT2D eigenvalue weighted by molar-refractivity contribution is 0.103. The molecule has 0 N–H and O–H groups in total. The van der Waals surface area contributed by atoms with E-state index in [0.717, 1.165) is 27.2 Å². The second-order valence-electron chi connectivity index (χ2n) is 5.20. The number of nitrogens with zero attached hydrogens (tertiary/aromatic N) is 1. The molecule has 0 atom stereocenters. The van der Waals surface area contributed by atoms with Crippen molar-refractivity contribution in [3.63, 3.8) is 0 Å². The number of fused-ring (bicyclic) bond motifs is 1. The molecule has 0 bridgehead atoms. The Morgan fingerprint density at radius 2 is 1.87 bits per heavy atom. The number of carbonyl (C=O) groups excluding carboxylic acids is 1. The number of thioether (sulfide) groups is 1. The molecule has 0 fully saturated rings. The summed E-state index contributed by atoms with van der Waals surface area (Å²) in [6.45, 7) is 1.98. The van der Waals surface area contributed by atoms with Gasteiger partial charge in [0.25, 0.3) is 0 Å². The Morgan fingerprint density at radius 3 is 2.52 bits per heavy atom. The molecule has 3 rings (SSSR count). The standard InChI is InChI=1S/C19H17NO2S/c1-12-15-10-9-14(22-2)11-16(15)20-19(23-3)17(12)18(21)13-7-5-4-6-8-13/h4-11H,1-3H3. The van der Waals surface area contributed by atoms with E-state index in [1.807, 2.05) is 61.7 Å². The molecule has 116 valence electrons. The third-order valence-corrected chi connectivity index (χ3v) is 4.56. The zero-order valence-corrected chi connectivity index (χ0v) is 14.1. The van der Waals surface area contributed by atoms with Crippen LogP contribution in [0.2, 0.25) is 0 Å². The van der Waals surface area contributed by atoms with Crippen molar-refractivity contribution < 1.29 is 9.53 Å². The molecule has 3 nitrogen and oxygen atoms in total. The van der Waals surface area contributed by atoms with E-state index < -0.39 is 0 Å². The summed E-state index contributed by atoms with van der Waals surface area (Å²) in [6, 6.07) is 15.1. The predicted octanol–water partition coefficient (Wildman–Crippen LogP) is 4.50. The van der Waals surface area contributed by atoms with Gasteiger partial charge in [0.1, 0.15) is 10.8 Å². The average Bonchev–Trinajstić information content (AvgIpc) is 2.61. The molecule has 2 aromatic carbocycles. The summed E-state index contributed by atoms with van der Waals surface area (Å²) in [4.78, 5) is 17.6. The maximum absolute atomic E-state index is 12.9. The highest BCUT2D eigenvalue weighted by atomic mass is 32.2. The smallest absolute Gasteiger partial charge is 0.196 e. The highest BCUT2D eigenvalue weighted by Crippen LogP contribution is 2.31. The second kappa shape index (κ2) is 6.42. The van der Waals surface area contributed by atoms with Crippen LogP contribution in [0.3, 0.4) is 0 Å². The maximum Gasteiger partial charge on any atom is 0.196 e. The zero-order chi connectivity index (χ0) is 16.4. The van der Waals surface area contributed by atoms with E-state index in [4.69, 9.17) is 4.74 Å². The van der Waals surface area contributed by atoms with Gasteiger partial charge in [-0.25, -0.2) is 4.98 Å². The Morgan fingerprint density at radius 1 is 1.13 bits per heavy atom. The minimum atomic E-state index is 0.0117. The lowest BCUT2D eigenvalue weighted by atomic mass is 9.98. The first-order chi connectivity index (χ1) is 11.2. The Hall–Kier alpha value is -2.33. The van der Waals surface area contributed by atoms with Crippen molar-refractivity contribution in [3.8, 4) is 5.75 Å². The van der Waals surface area contributed by atoms with Crippen LogP contribution in [-0.2, 0) is 0 Å².